The quantitative estimate of drug-likeness (QED) is 0.676. The number of rotatable bonds is 7. The lowest BCUT2D eigenvalue weighted by Crippen LogP contribution is -2.25. The molecule has 25 heavy (non-hydrogen) atoms. The molecule has 0 fully saturated rings. The van der Waals surface area contributed by atoms with Crippen molar-refractivity contribution in [2.45, 2.75) is 19.6 Å². The molecule has 0 atom stereocenters. The van der Waals surface area contributed by atoms with Crippen molar-refractivity contribution in [1.82, 2.24) is 25.5 Å². The van der Waals surface area contributed by atoms with Crippen molar-refractivity contribution in [2.75, 3.05) is 0 Å². The van der Waals surface area contributed by atoms with Crippen LogP contribution in [0.15, 0.2) is 48.8 Å². The molecule has 0 aliphatic carbocycles. The van der Waals surface area contributed by atoms with E-state index in [0.29, 0.717) is 29.0 Å². The number of hydrogen-bond acceptors (Lipinski definition) is 5. The van der Waals surface area contributed by atoms with Gasteiger partial charge in [0.2, 0.25) is 5.91 Å². The van der Waals surface area contributed by atoms with Crippen molar-refractivity contribution in [3.63, 3.8) is 0 Å². The van der Waals surface area contributed by atoms with Gasteiger partial charge in [0.1, 0.15) is 12.4 Å². The molecule has 1 aromatic carbocycles. The Kier molecular flexibility index (Phi) is 5.58. The molecule has 0 saturated carbocycles. The van der Waals surface area contributed by atoms with Crippen molar-refractivity contribution < 1.29 is 9.53 Å². The summed E-state index contributed by atoms with van der Waals surface area (Å²) in [5.74, 6) is 1.48. The Hall–Kier alpha value is -2.93. The SMILES string of the molecule is O=C(Cc1n[nH]c(COc2ccc(Cl)cc2)n1)NCc1cccnc1. The second kappa shape index (κ2) is 8.25. The van der Waals surface area contributed by atoms with Crippen molar-refractivity contribution in [2.24, 2.45) is 0 Å². The molecule has 128 valence electrons. The highest BCUT2D eigenvalue weighted by Gasteiger charge is 2.09. The van der Waals surface area contributed by atoms with Crippen LogP contribution in [-0.2, 0) is 24.4 Å². The van der Waals surface area contributed by atoms with E-state index in [1.165, 1.54) is 0 Å². The van der Waals surface area contributed by atoms with Gasteiger partial charge in [0.15, 0.2) is 11.6 Å². The average Bonchev–Trinajstić information content (AvgIpc) is 3.08. The van der Waals surface area contributed by atoms with Crippen LogP contribution in [0.25, 0.3) is 0 Å². The number of amides is 1. The molecule has 7 nitrogen and oxygen atoms in total. The maximum atomic E-state index is 11.9. The van der Waals surface area contributed by atoms with Crippen LogP contribution in [0, 0.1) is 0 Å². The topological polar surface area (TPSA) is 92.8 Å². The number of H-pyrrole nitrogens is 1. The highest BCUT2D eigenvalue weighted by atomic mass is 35.5. The van der Waals surface area contributed by atoms with Gasteiger partial charge in [-0.25, -0.2) is 4.98 Å². The van der Waals surface area contributed by atoms with Crippen LogP contribution in [0.2, 0.25) is 5.02 Å². The van der Waals surface area contributed by atoms with Crippen molar-refractivity contribution in [3.8, 4) is 5.75 Å². The van der Waals surface area contributed by atoms with E-state index in [-0.39, 0.29) is 18.9 Å². The Bertz CT molecular complexity index is 821. The van der Waals surface area contributed by atoms with Gasteiger partial charge in [-0.2, -0.15) is 5.10 Å². The summed E-state index contributed by atoms with van der Waals surface area (Å²) in [7, 11) is 0. The first-order valence-electron chi connectivity index (χ1n) is 7.63. The first-order valence-corrected chi connectivity index (χ1v) is 8.01. The summed E-state index contributed by atoms with van der Waals surface area (Å²) in [6.45, 7) is 0.648. The van der Waals surface area contributed by atoms with Crippen molar-refractivity contribution >= 4 is 17.5 Å². The number of hydrogen-bond donors (Lipinski definition) is 2. The van der Waals surface area contributed by atoms with E-state index in [2.05, 4.69) is 25.5 Å². The Morgan fingerprint density at radius 1 is 1.24 bits per heavy atom. The molecule has 2 heterocycles. The summed E-state index contributed by atoms with van der Waals surface area (Å²) in [6, 6.07) is 10.7. The maximum Gasteiger partial charge on any atom is 0.228 e. The first-order chi connectivity index (χ1) is 12.2. The lowest BCUT2D eigenvalue weighted by Gasteiger charge is -2.03. The number of halogens is 1. The molecule has 0 aliphatic rings. The summed E-state index contributed by atoms with van der Waals surface area (Å²) in [6.07, 6.45) is 3.49. The Morgan fingerprint density at radius 3 is 2.84 bits per heavy atom. The van der Waals surface area contributed by atoms with Crippen LogP contribution < -0.4 is 10.1 Å². The van der Waals surface area contributed by atoms with E-state index in [9.17, 15) is 4.79 Å². The van der Waals surface area contributed by atoms with Gasteiger partial charge in [-0.3, -0.25) is 14.9 Å². The summed E-state index contributed by atoms with van der Waals surface area (Å²) in [5.41, 5.74) is 0.933. The molecular weight excluding hydrogens is 342 g/mol. The smallest absolute Gasteiger partial charge is 0.228 e. The second-order valence-corrected chi connectivity index (χ2v) is 5.69. The second-order valence-electron chi connectivity index (χ2n) is 5.26. The molecule has 1 amide bonds. The minimum absolute atomic E-state index is 0.0949. The molecule has 0 bridgehead atoms. The maximum absolute atomic E-state index is 11.9. The van der Waals surface area contributed by atoms with Crippen LogP contribution >= 0.6 is 11.6 Å². The zero-order chi connectivity index (χ0) is 17.5. The lowest BCUT2D eigenvalue weighted by atomic mass is 10.3. The summed E-state index contributed by atoms with van der Waals surface area (Å²) >= 11 is 5.82. The van der Waals surface area contributed by atoms with Crippen molar-refractivity contribution in [3.05, 3.63) is 71.0 Å². The van der Waals surface area contributed by atoms with Gasteiger partial charge >= 0.3 is 0 Å². The minimum Gasteiger partial charge on any atom is -0.486 e. The van der Waals surface area contributed by atoms with Crippen LogP contribution in [0.3, 0.4) is 0 Å². The Balaban J connectivity index is 1.46. The Labute approximate surface area is 149 Å². The predicted molar refractivity (Wildman–Crippen MR) is 92.0 cm³/mol. The zero-order valence-electron chi connectivity index (χ0n) is 13.3. The Morgan fingerprint density at radius 2 is 2.08 bits per heavy atom. The largest absolute Gasteiger partial charge is 0.486 e. The molecule has 2 N–H and O–H groups in total. The van der Waals surface area contributed by atoms with Crippen LogP contribution in [-0.4, -0.2) is 26.1 Å². The van der Waals surface area contributed by atoms with E-state index in [0.717, 1.165) is 5.56 Å². The number of carbonyl (C=O) groups is 1. The normalized spacial score (nSPS) is 10.4. The lowest BCUT2D eigenvalue weighted by molar-refractivity contribution is -0.120. The predicted octanol–water partition coefficient (Wildman–Crippen LogP) is 2.29. The van der Waals surface area contributed by atoms with Gasteiger partial charge in [0, 0.05) is 24.0 Å². The number of ether oxygens (including phenoxy) is 1. The highest BCUT2D eigenvalue weighted by molar-refractivity contribution is 6.30. The van der Waals surface area contributed by atoms with E-state index in [1.54, 1.807) is 36.7 Å². The number of nitrogens with zero attached hydrogens (tertiary/aromatic N) is 3. The van der Waals surface area contributed by atoms with E-state index in [4.69, 9.17) is 16.3 Å². The molecule has 3 rings (SSSR count). The standard InChI is InChI=1S/C17H16ClN5O2/c18-13-3-5-14(6-4-13)25-11-16-21-15(22-23-16)8-17(24)20-10-12-2-1-7-19-9-12/h1-7,9H,8,10-11H2,(H,20,24)(H,21,22,23). The van der Waals surface area contributed by atoms with Crippen LogP contribution in [0.5, 0.6) is 5.75 Å². The summed E-state index contributed by atoms with van der Waals surface area (Å²) in [4.78, 5) is 20.2. The fraction of sp³-hybridized carbons (Fsp3) is 0.176. The van der Waals surface area contributed by atoms with E-state index >= 15 is 0 Å². The van der Waals surface area contributed by atoms with E-state index < -0.39 is 0 Å². The number of carbonyl (C=O) groups excluding carboxylic acids is 1. The number of nitrogens with one attached hydrogen (secondary N) is 2. The third kappa shape index (κ3) is 5.29. The average molecular weight is 358 g/mol. The van der Waals surface area contributed by atoms with E-state index in [1.807, 2.05) is 12.1 Å². The van der Waals surface area contributed by atoms with Gasteiger partial charge < -0.3 is 10.1 Å². The number of pyridine rings is 1. The number of aromatic nitrogens is 4. The molecule has 0 radical (unpaired) electrons. The fourth-order valence-electron chi connectivity index (χ4n) is 2.07. The van der Waals surface area contributed by atoms with Gasteiger partial charge in [0.05, 0.1) is 6.42 Å². The van der Waals surface area contributed by atoms with Gasteiger partial charge in [0.25, 0.3) is 0 Å². The van der Waals surface area contributed by atoms with Gasteiger partial charge in [-0.1, -0.05) is 17.7 Å². The highest BCUT2D eigenvalue weighted by Crippen LogP contribution is 2.16. The third-order valence-electron chi connectivity index (χ3n) is 3.30. The molecule has 0 saturated heterocycles. The fourth-order valence-corrected chi connectivity index (χ4v) is 2.20. The minimum atomic E-state index is -0.159. The molecule has 3 aromatic rings. The van der Waals surface area contributed by atoms with Crippen LogP contribution in [0.4, 0.5) is 0 Å². The molecule has 0 spiro atoms. The van der Waals surface area contributed by atoms with Crippen LogP contribution in [0.1, 0.15) is 17.2 Å². The van der Waals surface area contributed by atoms with Gasteiger partial charge in [-0.05, 0) is 35.9 Å². The monoisotopic (exact) mass is 357 g/mol. The number of benzene rings is 1. The van der Waals surface area contributed by atoms with Crippen molar-refractivity contribution in [1.29, 1.82) is 0 Å². The first kappa shape index (κ1) is 16.9. The molecule has 8 heteroatoms. The molecule has 0 unspecified atom stereocenters. The molecule has 0 aliphatic heterocycles. The summed E-state index contributed by atoms with van der Waals surface area (Å²) < 4.78 is 5.57. The number of aromatic amines is 1. The zero-order valence-corrected chi connectivity index (χ0v) is 14.0. The molecular formula is C17H16ClN5O2. The molecule has 2 aromatic heterocycles. The third-order valence-corrected chi connectivity index (χ3v) is 3.55. The van der Waals surface area contributed by atoms with Gasteiger partial charge in [-0.15, -0.1) is 0 Å². The summed E-state index contributed by atoms with van der Waals surface area (Å²) in [5, 5.41) is 10.2.